The largest absolute Gasteiger partial charge is 0.488 e. The Bertz CT molecular complexity index is 1080. The van der Waals surface area contributed by atoms with Gasteiger partial charge in [0.25, 0.3) is 0 Å². The maximum absolute atomic E-state index is 12.0. The van der Waals surface area contributed by atoms with Gasteiger partial charge in [-0.05, 0) is 42.3 Å². The van der Waals surface area contributed by atoms with Crippen molar-refractivity contribution in [2.75, 3.05) is 5.32 Å². The second-order valence-corrected chi connectivity index (χ2v) is 7.20. The van der Waals surface area contributed by atoms with Gasteiger partial charge in [0.05, 0.1) is 6.21 Å². The molecule has 7 heteroatoms. The number of halogens is 1. The van der Waals surface area contributed by atoms with E-state index in [-0.39, 0.29) is 6.42 Å². The number of amides is 2. The summed E-state index contributed by atoms with van der Waals surface area (Å²) in [6.45, 7) is 2.28. The van der Waals surface area contributed by atoms with Crippen molar-refractivity contribution in [1.82, 2.24) is 5.43 Å². The molecule has 0 heterocycles. The number of nitrogens with one attached hydrogen (secondary N) is 2. The van der Waals surface area contributed by atoms with Gasteiger partial charge in [0.2, 0.25) is 11.8 Å². The summed E-state index contributed by atoms with van der Waals surface area (Å²) in [6.07, 6.45) is 1.12. The fourth-order valence-electron chi connectivity index (χ4n) is 2.69. The number of hydrogen-bond acceptors (Lipinski definition) is 4. The molecule has 6 nitrogen and oxygen atoms in total. The summed E-state index contributed by atoms with van der Waals surface area (Å²) in [4.78, 5) is 24.0. The number of anilines is 1. The molecule has 3 aromatic carbocycles. The number of hydrazone groups is 1. The molecule has 2 amide bonds. The van der Waals surface area contributed by atoms with Crippen LogP contribution >= 0.6 is 11.6 Å². The van der Waals surface area contributed by atoms with E-state index in [1.54, 1.807) is 18.2 Å². The standard InChI is InChI=1S/C24H22ClN3O3/c1-17-11-12-20(13-21(17)25)27-23(29)14-24(30)28-26-15-19-9-5-6-10-22(19)31-16-18-7-3-2-4-8-18/h2-13,15H,14,16H2,1H3,(H,27,29)(H,28,30). The van der Waals surface area contributed by atoms with E-state index >= 15 is 0 Å². The zero-order valence-corrected chi connectivity index (χ0v) is 17.7. The van der Waals surface area contributed by atoms with Crippen LogP contribution in [0.15, 0.2) is 77.9 Å². The van der Waals surface area contributed by atoms with Crippen molar-refractivity contribution in [2.24, 2.45) is 5.10 Å². The normalized spacial score (nSPS) is 10.6. The third-order valence-corrected chi connectivity index (χ3v) is 4.73. The molecule has 0 aliphatic carbocycles. The van der Waals surface area contributed by atoms with Crippen molar-refractivity contribution in [3.05, 3.63) is 94.5 Å². The molecule has 0 fully saturated rings. The molecule has 0 saturated carbocycles. The molecule has 0 aromatic heterocycles. The Balaban J connectivity index is 1.51. The van der Waals surface area contributed by atoms with Gasteiger partial charge in [0.15, 0.2) is 0 Å². The summed E-state index contributed by atoms with van der Waals surface area (Å²) in [6, 6.07) is 22.3. The Morgan fingerprint density at radius 3 is 2.52 bits per heavy atom. The van der Waals surface area contributed by atoms with E-state index in [0.717, 1.165) is 11.1 Å². The molecule has 3 aromatic rings. The highest BCUT2D eigenvalue weighted by Crippen LogP contribution is 2.20. The highest BCUT2D eigenvalue weighted by Gasteiger charge is 2.10. The molecule has 0 radical (unpaired) electrons. The average molecular weight is 436 g/mol. The lowest BCUT2D eigenvalue weighted by Gasteiger charge is -2.09. The Morgan fingerprint density at radius 2 is 1.74 bits per heavy atom. The molecule has 0 spiro atoms. The van der Waals surface area contributed by atoms with Crippen LogP contribution < -0.4 is 15.5 Å². The van der Waals surface area contributed by atoms with Gasteiger partial charge in [-0.15, -0.1) is 0 Å². The van der Waals surface area contributed by atoms with Gasteiger partial charge >= 0.3 is 0 Å². The third kappa shape index (κ3) is 6.97. The summed E-state index contributed by atoms with van der Waals surface area (Å²) in [5.74, 6) is -0.354. The number of para-hydroxylation sites is 1. The lowest BCUT2D eigenvalue weighted by molar-refractivity contribution is -0.126. The molecule has 31 heavy (non-hydrogen) atoms. The highest BCUT2D eigenvalue weighted by molar-refractivity contribution is 6.31. The zero-order valence-electron chi connectivity index (χ0n) is 17.0. The summed E-state index contributed by atoms with van der Waals surface area (Å²) in [5.41, 5.74) is 5.54. The van der Waals surface area contributed by atoms with Crippen LogP contribution in [0, 0.1) is 6.92 Å². The van der Waals surface area contributed by atoms with E-state index in [1.807, 2.05) is 61.5 Å². The first-order chi connectivity index (χ1) is 15.0. The lowest BCUT2D eigenvalue weighted by atomic mass is 10.2. The number of aryl methyl sites for hydroxylation is 1. The zero-order chi connectivity index (χ0) is 22.1. The molecule has 0 aliphatic heterocycles. The van der Waals surface area contributed by atoms with Crippen molar-refractivity contribution in [3.63, 3.8) is 0 Å². The van der Waals surface area contributed by atoms with E-state index in [9.17, 15) is 9.59 Å². The molecule has 0 bridgehead atoms. The molecule has 158 valence electrons. The first-order valence-corrected chi connectivity index (χ1v) is 10.0. The van der Waals surface area contributed by atoms with Crippen LogP contribution in [0.5, 0.6) is 5.75 Å². The van der Waals surface area contributed by atoms with Gasteiger partial charge in [-0.2, -0.15) is 5.10 Å². The smallest absolute Gasteiger partial charge is 0.249 e. The summed E-state index contributed by atoms with van der Waals surface area (Å²) in [7, 11) is 0. The van der Waals surface area contributed by atoms with Gasteiger partial charge in [-0.25, -0.2) is 5.43 Å². The molecular formula is C24H22ClN3O3. The number of hydrogen-bond donors (Lipinski definition) is 2. The second kappa shape index (κ2) is 10.9. The predicted molar refractivity (Wildman–Crippen MR) is 122 cm³/mol. The van der Waals surface area contributed by atoms with E-state index in [4.69, 9.17) is 16.3 Å². The number of carbonyl (C=O) groups excluding carboxylic acids is 2. The second-order valence-electron chi connectivity index (χ2n) is 6.79. The molecule has 0 saturated heterocycles. The minimum absolute atomic E-state index is 0.366. The molecular weight excluding hydrogens is 414 g/mol. The summed E-state index contributed by atoms with van der Waals surface area (Å²) in [5, 5.41) is 7.11. The van der Waals surface area contributed by atoms with E-state index in [0.29, 0.717) is 28.6 Å². The molecule has 0 atom stereocenters. The summed E-state index contributed by atoms with van der Waals surface area (Å²) < 4.78 is 5.85. The van der Waals surface area contributed by atoms with Gasteiger partial charge in [0.1, 0.15) is 18.8 Å². The molecule has 0 unspecified atom stereocenters. The van der Waals surface area contributed by atoms with Gasteiger partial charge < -0.3 is 10.1 Å². The lowest BCUT2D eigenvalue weighted by Crippen LogP contribution is -2.24. The fraction of sp³-hybridized carbons (Fsp3) is 0.125. The van der Waals surface area contributed by atoms with E-state index in [2.05, 4.69) is 15.8 Å². The maximum atomic E-state index is 12.0. The van der Waals surface area contributed by atoms with Crippen LogP contribution in [-0.2, 0) is 16.2 Å². The molecule has 2 N–H and O–H groups in total. The predicted octanol–water partition coefficient (Wildman–Crippen LogP) is 4.71. The topological polar surface area (TPSA) is 79.8 Å². The van der Waals surface area contributed by atoms with Crippen molar-refractivity contribution in [1.29, 1.82) is 0 Å². The summed E-state index contributed by atoms with van der Waals surface area (Å²) >= 11 is 6.04. The number of ether oxygens (including phenoxy) is 1. The fourth-order valence-corrected chi connectivity index (χ4v) is 2.87. The first-order valence-electron chi connectivity index (χ1n) is 9.65. The van der Waals surface area contributed by atoms with Crippen LogP contribution in [0.25, 0.3) is 0 Å². The maximum Gasteiger partial charge on any atom is 0.249 e. The molecule has 0 aliphatic rings. The first kappa shape index (κ1) is 22.1. The molecule has 3 rings (SSSR count). The Morgan fingerprint density at radius 1 is 1.00 bits per heavy atom. The Labute approximate surface area is 185 Å². The van der Waals surface area contributed by atoms with Crippen LogP contribution in [0.3, 0.4) is 0 Å². The van der Waals surface area contributed by atoms with Crippen molar-refractivity contribution in [3.8, 4) is 5.75 Å². The Kier molecular flexibility index (Phi) is 7.79. The monoisotopic (exact) mass is 435 g/mol. The average Bonchev–Trinajstić information content (AvgIpc) is 2.76. The van der Waals surface area contributed by atoms with E-state index < -0.39 is 11.8 Å². The minimum atomic E-state index is -0.533. The van der Waals surface area contributed by atoms with E-state index in [1.165, 1.54) is 6.21 Å². The number of nitrogens with zero attached hydrogens (tertiary/aromatic N) is 1. The van der Waals surface area contributed by atoms with Crippen molar-refractivity contribution < 1.29 is 14.3 Å². The highest BCUT2D eigenvalue weighted by atomic mass is 35.5. The SMILES string of the molecule is Cc1ccc(NC(=O)CC(=O)NN=Cc2ccccc2OCc2ccccc2)cc1Cl. The van der Waals surface area contributed by atoms with Gasteiger partial charge in [-0.1, -0.05) is 60.1 Å². The minimum Gasteiger partial charge on any atom is -0.488 e. The van der Waals surface area contributed by atoms with Crippen LogP contribution in [0.1, 0.15) is 23.1 Å². The third-order valence-electron chi connectivity index (χ3n) is 4.33. The number of rotatable bonds is 8. The van der Waals surface area contributed by atoms with Crippen molar-refractivity contribution >= 4 is 35.3 Å². The van der Waals surface area contributed by atoms with Crippen LogP contribution in [0.2, 0.25) is 5.02 Å². The van der Waals surface area contributed by atoms with Crippen LogP contribution in [-0.4, -0.2) is 18.0 Å². The quantitative estimate of drug-likeness (QED) is 0.305. The van der Waals surface area contributed by atoms with Crippen LogP contribution in [0.4, 0.5) is 5.69 Å². The number of benzene rings is 3. The van der Waals surface area contributed by atoms with Crippen molar-refractivity contribution in [2.45, 2.75) is 20.0 Å². The van der Waals surface area contributed by atoms with Gasteiger partial charge in [-0.3, -0.25) is 9.59 Å². The Hall–Kier alpha value is -3.64. The van der Waals surface area contributed by atoms with Gasteiger partial charge in [0, 0.05) is 16.3 Å². The number of carbonyl (C=O) groups is 2.